The number of carbonyl (C=O) groups is 1. The van der Waals surface area contributed by atoms with Gasteiger partial charge in [-0.1, -0.05) is 19.1 Å². The lowest BCUT2D eigenvalue weighted by Crippen LogP contribution is -2.37. The molecule has 1 rings (SSSR count). The molecule has 0 saturated carbocycles. The van der Waals surface area contributed by atoms with E-state index in [0.717, 1.165) is 6.42 Å². The molecule has 0 aromatic heterocycles. The molecule has 1 aromatic rings. The van der Waals surface area contributed by atoms with E-state index in [2.05, 4.69) is 10.0 Å². The molecule has 19 heavy (non-hydrogen) atoms. The number of nitrogens with one attached hydrogen (secondary N) is 2. The topological polar surface area (TPSA) is 101 Å². The fourth-order valence-electron chi connectivity index (χ4n) is 1.60. The van der Waals surface area contributed by atoms with Crippen molar-refractivity contribution < 1.29 is 13.2 Å². The third-order valence-electron chi connectivity index (χ3n) is 2.51. The third-order valence-corrected chi connectivity index (χ3v) is 4.13. The molecular weight excluding hydrogens is 266 g/mol. The Bertz CT molecular complexity index is 535. The van der Waals surface area contributed by atoms with Crippen LogP contribution in [-0.2, 0) is 14.8 Å². The molecule has 0 spiro atoms. The van der Waals surface area contributed by atoms with Crippen LogP contribution in [0.3, 0.4) is 0 Å². The van der Waals surface area contributed by atoms with Crippen LogP contribution >= 0.6 is 0 Å². The van der Waals surface area contributed by atoms with E-state index in [4.69, 9.17) is 5.73 Å². The molecule has 1 amide bonds. The van der Waals surface area contributed by atoms with Crippen molar-refractivity contribution >= 4 is 21.6 Å². The van der Waals surface area contributed by atoms with Gasteiger partial charge in [0.1, 0.15) is 4.90 Å². The molecule has 0 radical (unpaired) electrons. The van der Waals surface area contributed by atoms with Gasteiger partial charge in [0.15, 0.2) is 0 Å². The van der Waals surface area contributed by atoms with Crippen LogP contribution in [0.15, 0.2) is 23.1 Å². The zero-order chi connectivity index (χ0) is 14.5. The minimum Gasteiger partial charge on any atom is -0.398 e. The summed E-state index contributed by atoms with van der Waals surface area (Å²) in [4.78, 5) is 11.4. The molecule has 0 aliphatic carbocycles. The van der Waals surface area contributed by atoms with Crippen LogP contribution in [0.1, 0.15) is 18.9 Å². The van der Waals surface area contributed by atoms with Crippen molar-refractivity contribution in [1.29, 1.82) is 0 Å². The number of rotatable bonds is 6. The van der Waals surface area contributed by atoms with E-state index in [1.165, 1.54) is 6.07 Å². The lowest BCUT2D eigenvalue weighted by Gasteiger charge is -2.11. The monoisotopic (exact) mass is 285 g/mol. The van der Waals surface area contributed by atoms with Crippen molar-refractivity contribution in [3.8, 4) is 0 Å². The first-order valence-electron chi connectivity index (χ1n) is 6.00. The Labute approximate surface area is 113 Å². The van der Waals surface area contributed by atoms with Gasteiger partial charge in [0.25, 0.3) is 0 Å². The standard InChI is InChI=1S/C12H19N3O3S/c1-3-7-14-11(16)8-15-19(17,18)12-9(2)5-4-6-10(12)13/h4-6,15H,3,7-8,13H2,1-2H3,(H,14,16). The van der Waals surface area contributed by atoms with Crippen LogP contribution in [0.4, 0.5) is 5.69 Å². The van der Waals surface area contributed by atoms with Crippen LogP contribution in [0.5, 0.6) is 0 Å². The Hall–Kier alpha value is -1.60. The van der Waals surface area contributed by atoms with E-state index in [1.54, 1.807) is 19.1 Å². The van der Waals surface area contributed by atoms with Gasteiger partial charge in [-0.3, -0.25) is 4.79 Å². The average molecular weight is 285 g/mol. The number of carbonyl (C=O) groups excluding carboxylic acids is 1. The van der Waals surface area contributed by atoms with Crippen LogP contribution in [0.2, 0.25) is 0 Å². The molecule has 0 atom stereocenters. The zero-order valence-corrected chi connectivity index (χ0v) is 11.9. The maximum atomic E-state index is 12.1. The normalized spacial score (nSPS) is 11.3. The van der Waals surface area contributed by atoms with Gasteiger partial charge in [-0.25, -0.2) is 13.1 Å². The maximum Gasteiger partial charge on any atom is 0.243 e. The van der Waals surface area contributed by atoms with Crippen LogP contribution in [-0.4, -0.2) is 27.4 Å². The number of hydrogen-bond donors (Lipinski definition) is 3. The van der Waals surface area contributed by atoms with Crippen molar-refractivity contribution in [2.24, 2.45) is 0 Å². The smallest absolute Gasteiger partial charge is 0.243 e. The summed E-state index contributed by atoms with van der Waals surface area (Å²) in [5, 5.41) is 2.59. The number of amides is 1. The van der Waals surface area contributed by atoms with Gasteiger partial charge in [0, 0.05) is 6.54 Å². The largest absolute Gasteiger partial charge is 0.398 e. The molecule has 1 aromatic carbocycles. The van der Waals surface area contributed by atoms with Crippen molar-refractivity contribution in [3.63, 3.8) is 0 Å². The van der Waals surface area contributed by atoms with Gasteiger partial charge in [-0.2, -0.15) is 0 Å². The summed E-state index contributed by atoms with van der Waals surface area (Å²) in [6.45, 7) is 3.80. The Morgan fingerprint density at radius 2 is 2.05 bits per heavy atom. The minimum atomic E-state index is -3.78. The lowest BCUT2D eigenvalue weighted by molar-refractivity contribution is -0.119. The van der Waals surface area contributed by atoms with Crippen LogP contribution < -0.4 is 15.8 Å². The average Bonchev–Trinajstić information content (AvgIpc) is 2.33. The first-order valence-corrected chi connectivity index (χ1v) is 7.48. The number of sulfonamides is 1. The van der Waals surface area contributed by atoms with E-state index >= 15 is 0 Å². The van der Waals surface area contributed by atoms with E-state index in [1.807, 2.05) is 6.92 Å². The molecule has 7 heteroatoms. The SMILES string of the molecule is CCCNC(=O)CNS(=O)(=O)c1c(C)cccc1N. The summed E-state index contributed by atoms with van der Waals surface area (Å²) in [6.07, 6.45) is 0.795. The van der Waals surface area contributed by atoms with Crippen LogP contribution in [0, 0.1) is 6.92 Å². The molecule has 0 unspecified atom stereocenters. The molecule has 0 aliphatic heterocycles. The highest BCUT2D eigenvalue weighted by atomic mass is 32.2. The van der Waals surface area contributed by atoms with Gasteiger partial charge < -0.3 is 11.1 Å². The van der Waals surface area contributed by atoms with E-state index in [9.17, 15) is 13.2 Å². The van der Waals surface area contributed by atoms with E-state index in [0.29, 0.717) is 12.1 Å². The molecule has 4 N–H and O–H groups in total. The fraction of sp³-hybridized carbons (Fsp3) is 0.417. The Morgan fingerprint density at radius 3 is 2.63 bits per heavy atom. The number of nitrogen functional groups attached to an aromatic ring is 1. The molecular formula is C12H19N3O3S. The van der Waals surface area contributed by atoms with Gasteiger partial charge >= 0.3 is 0 Å². The van der Waals surface area contributed by atoms with Gasteiger partial charge in [0.2, 0.25) is 15.9 Å². The number of anilines is 1. The second-order valence-electron chi connectivity index (χ2n) is 4.17. The number of aryl methyl sites for hydroxylation is 1. The number of nitrogens with two attached hydrogens (primary N) is 1. The zero-order valence-electron chi connectivity index (χ0n) is 11.1. The highest BCUT2D eigenvalue weighted by Gasteiger charge is 2.20. The van der Waals surface area contributed by atoms with Crippen molar-refractivity contribution in [2.75, 3.05) is 18.8 Å². The summed E-state index contributed by atoms with van der Waals surface area (Å²) >= 11 is 0. The summed E-state index contributed by atoms with van der Waals surface area (Å²) in [6, 6.07) is 4.85. The molecule has 6 nitrogen and oxygen atoms in total. The van der Waals surface area contributed by atoms with Gasteiger partial charge in [0.05, 0.1) is 12.2 Å². The Balaban J connectivity index is 2.80. The summed E-state index contributed by atoms with van der Waals surface area (Å²) in [7, 11) is -3.78. The van der Waals surface area contributed by atoms with Crippen molar-refractivity contribution in [3.05, 3.63) is 23.8 Å². The van der Waals surface area contributed by atoms with Crippen molar-refractivity contribution in [2.45, 2.75) is 25.2 Å². The summed E-state index contributed by atoms with van der Waals surface area (Å²) < 4.78 is 26.4. The number of benzene rings is 1. The third kappa shape index (κ3) is 4.22. The predicted molar refractivity (Wildman–Crippen MR) is 74.1 cm³/mol. The first-order chi connectivity index (χ1) is 8.88. The second kappa shape index (κ2) is 6.53. The minimum absolute atomic E-state index is 0.0262. The fourth-order valence-corrected chi connectivity index (χ4v) is 2.94. The Kier molecular flexibility index (Phi) is 5.31. The van der Waals surface area contributed by atoms with Crippen LogP contribution in [0.25, 0.3) is 0 Å². The van der Waals surface area contributed by atoms with E-state index in [-0.39, 0.29) is 23.0 Å². The first kappa shape index (κ1) is 15.5. The molecule has 0 aliphatic rings. The maximum absolute atomic E-state index is 12.1. The predicted octanol–water partition coefficient (Wildman–Crippen LogP) is 0.382. The second-order valence-corrected chi connectivity index (χ2v) is 5.87. The van der Waals surface area contributed by atoms with Gasteiger partial charge in [-0.15, -0.1) is 0 Å². The molecule has 106 valence electrons. The summed E-state index contributed by atoms with van der Waals surface area (Å²) in [5.41, 5.74) is 6.39. The molecule has 0 fully saturated rings. The Morgan fingerprint density at radius 1 is 1.37 bits per heavy atom. The molecule has 0 bridgehead atoms. The van der Waals surface area contributed by atoms with Gasteiger partial charge in [-0.05, 0) is 25.0 Å². The van der Waals surface area contributed by atoms with Crippen molar-refractivity contribution in [1.82, 2.24) is 10.0 Å². The lowest BCUT2D eigenvalue weighted by atomic mass is 10.2. The quantitative estimate of drug-likeness (QED) is 0.658. The van der Waals surface area contributed by atoms with E-state index < -0.39 is 10.0 Å². The molecule has 0 heterocycles. The molecule has 0 saturated heterocycles. The highest BCUT2D eigenvalue weighted by molar-refractivity contribution is 7.89. The highest BCUT2D eigenvalue weighted by Crippen LogP contribution is 2.21. The summed E-state index contributed by atoms with van der Waals surface area (Å²) in [5.74, 6) is -0.363. The number of hydrogen-bond acceptors (Lipinski definition) is 4.